The molecule has 0 atom stereocenters. The van der Waals surface area contributed by atoms with Crippen molar-refractivity contribution in [3.8, 4) is 17.1 Å². The second kappa shape index (κ2) is 8.41. The van der Waals surface area contributed by atoms with Crippen molar-refractivity contribution >= 4 is 22.6 Å². The lowest BCUT2D eigenvalue weighted by atomic mass is 10.0. The number of benzene rings is 2. The number of quaternary nitrogens is 1. The summed E-state index contributed by atoms with van der Waals surface area (Å²) in [4.78, 5) is 17.8. The van der Waals surface area contributed by atoms with Crippen molar-refractivity contribution in [1.29, 1.82) is 0 Å². The summed E-state index contributed by atoms with van der Waals surface area (Å²) < 4.78 is 30.4. The molecule has 0 aliphatic carbocycles. The molecule has 0 unspecified atom stereocenters. The monoisotopic (exact) mass is 388 g/mol. The Kier molecular flexibility index (Phi) is 5.96. The van der Waals surface area contributed by atoms with Crippen LogP contribution in [0.3, 0.4) is 0 Å². The van der Waals surface area contributed by atoms with Gasteiger partial charge in [-0.25, -0.2) is 14.0 Å². The Balaban J connectivity index is 2.25. The van der Waals surface area contributed by atoms with Gasteiger partial charge in [0.2, 0.25) is 5.69 Å². The fraction of sp³-hybridized carbons (Fsp3) is 0.286. The maximum absolute atomic E-state index is 13.3. The minimum atomic E-state index is -0.514. The standard InChI is InChI=1S/C21H22FNO5/c1-5-26-21(24)19-15-10-18(27-12(2)3)16(23-25-4)11-17(15)28-20(19)13-6-8-14(22)9-7-13/h6-12,23H,5H2,1-4H3/p+1. The summed E-state index contributed by atoms with van der Waals surface area (Å²) in [7, 11) is 1.54. The van der Waals surface area contributed by atoms with Crippen molar-refractivity contribution in [3.05, 3.63) is 47.8 Å². The largest absolute Gasteiger partial charge is 0.485 e. The van der Waals surface area contributed by atoms with Crippen LogP contribution in [0.4, 0.5) is 10.1 Å². The van der Waals surface area contributed by atoms with Gasteiger partial charge in [-0.2, -0.15) is 5.48 Å². The molecule has 3 rings (SSSR count). The molecule has 1 aromatic heterocycles. The van der Waals surface area contributed by atoms with Gasteiger partial charge in [0, 0.05) is 17.0 Å². The van der Waals surface area contributed by atoms with E-state index in [0.717, 1.165) is 0 Å². The second-order valence-electron chi connectivity index (χ2n) is 6.44. The molecule has 1 heterocycles. The van der Waals surface area contributed by atoms with E-state index in [4.69, 9.17) is 18.7 Å². The topological polar surface area (TPSA) is 74.5 Å². The zero-order valence-electron chi connectivity index (χ0n) is 16.2. The van der Waals surface area contributed by atoms with Gasteiger partial charge < -0.3 is 13.9 Å². The van der Waals surface area contributed by atoms with Crippen LogP contribution >= 0.6 is 0 Å². The molecule has 0 radical (unpaired) electrons. The molecule has 0 saturated carbocycles. The molecular formula is C21H23FNO5+. The molecule has 0 bridgehead atoms. The smallest absolute Gasteiger partial charge is 0.342 e. The normalized spacial score (nSPS) is 11.2. The molecule has 3 aromatic rings. The van der Waals surface area contributed by atoms with E-state index >= 15 is 0 Å². The molecule has 0 fully saturated rings. The molecule has 2 aromatic carbocycles. The van der Waals surface area contributed by atoms with Gasteiger partial charge >= 0.3 is 5.97 Å². The van der Waals surface area contributed by atoms with Crippen molar-refractivity contribution in [2.45, 2.75) is 26.9 Å². The van der Waals surface area contributed by atoms with Gasteiger partial charge in [-0.3, -0.25) is 0 Å². The molecule has 148 valence electrons. The maximum atomic E-state index is 13.3. The van der Waals surface area contributed by atoms with Crippen molar-refractivity contribution in [2.24, 2.45) is 0 Å². The highest BCUT2D eigenvalue weighted by molar-refractivity contribution is 6.09. The third-order valence-corrected chi connectivity index (χ3v) is 4.01. The summed E-state index contributed by atoms with van der Waals surface area (Å²) in [6, 6.07) is 9.23. The van der Waals surface area contributed by atoms with E-state index in [0.29, 0.717) is 33.7 Å². The summed E-state index contributed by atoms with van der Waals surface area (Å²) in [5, 5.41) is 0.557. The summed E-state index contributed by atoms with van der Waals surface area (Å²) in [6.45, 7) is 5.77. The molecule has 0 saturated heterocycles. The number of rotatable bonds is 7. The summed E-state index contributed by atoms with van der Waals surface area (Å²) >= 11 is 0. The Morgan fingerprint density at radius 3 is 2.54 bits per heavy atom. The number of halogens is 1. The molecular weight excluding hydrogens is 365 g/mol. The first-order valence-corrected chi connectivity index (χ1v) is 9.00. The van der Waals surface area contributed by atoms with Gasteiger partial charge in [0.05, 0.1) is 19.8 Å². The number of furan rings is 1. The van der Waals surface area contributed by atoms with Gasteiger partial charge in [0.25, 0.3) is 0 Å². The highest BCUT2D eigenvalue weighted by Gasteiger charge is 2.26. The van der Waals surface area contributed by atoms with Crippen LogP contribution in [0.25, 0.3) is 22.3 Å². The molecule has 0 aliphatic rings. The Hall–Kier alpha value is -2.90. The third-order valence-electron chi connectivity index (χ3n) is 4.01. The lowest BCUT2D eigenvalue weighted by Gasteiger charge is -2.11. The molecule has 7 heteroatoms. The maximum Gasteiger partial charge on any atom is 0.342 e. The molecule has 28 heavy (non-hydrogen) atoms. The van der Waals surface area contributed by atoms with Gasteiger partial charge in [-0.1, -0.05) is 0 Å². The molecule has 2 N–H and O–H groups in total. The first-order valence-electron chi connectivity index (χ1n) is 9.00. The van der Waals surface area contributed by atoms with E-state index in [2.05, 4.69) is 0 Å². The Bertz CT molecular complexity index is 979. The van der Waals surface area contributed by atoms with E-state index in [1.807, 2.05) is 13.8 Å². The van der Waals surface area contributed by atoms with Crippen LogP contribution < -0.4 is 10.2 Å². The highest BCUT2D eigenvalue weighted by Crippen LogP contribution is 2.38. The van der Waals surface area contributed by atoms with Crippen LogP contribution in [0.1, 0.15) is 31.1 Å². The van der Waals surface area contributed by atoms with E-state index < -0.39 is 5.97 Å². The predicted octanol–water partition coefficient (Wildman–Crippen LogP) is 3.96. The minimum Gasteiger partial charge on any atom is -0.485 e. The second-order valence-corrected chi connectivity index (χ2v) is 6.44. The van der Waals surface area contributed by atoms with Gasteiger partial charge in [0.1, 0.15) is 22.7 Å². The SMILES string of the molecule is CCOC(=O)c1c(-c2ccc(F)cc2)oc2cc([NH2+]OC)c(OC(C)C)cc12. The Morgan fingerprint density at radius 2 is 1.93 bits per heavy atom. The van der Waals surface area contributed by atoms with Crippen molar-refractivity contribution in [3.63, 3.8) is 0 Å². The van der Waals surface area contributed by atoms with Crippen LogP contribution in [0.15, 0.2) is 40.8 Å². The zero-order valence-corrected chi connectivity index (χ0v) is 16.2. The van der Waals surface area contributed by atoms with Crippen molar-refractivity contribution in [2.75, 3.05) is 13.7 Å². The molecule has 0 aliphatic heterocycles. The van der Waals surface area contributed by atoms with E-state index in [-0.39, 0.29) is 24.1 Å². The summed E-state index contributed by atoms with van der Waals surface area (Å²) in [6.07, 6.45) is -0.0732. The predicted molar refractivity (Wildman–Crippen MR) is 102 cm³/mol. The number of carbonyl (C=O) groups is 1. The number of hydrogen-bond acceptors (Lipinski definition) is 5. The van der Waals surface area contributed by atoms with Gasteiger partial charge in [-0.05, 0) is 51.1 Å². The third kappa shape index (κ3) is 4.00. The quantitative estimate of drug-likeness (QED) is 0.377. The van der Waals surface area contributed by atoms with Gasteiger partial charge in [-0.15, -0.1) is 0 Å². The van der Waals surface area contributed by atoms with E-state index in [1.165, 1.54) is 12.1 Å². The highest BCUT2D eigenvalue weighted by atomic mass is 19.1. The number of ether oxygens (including phenoxy) is 2. The first-order chi connectivity index (χ1) is 13.4. The Labute approximate surface area is 162 Å². The number of fused-ring (bicyclic) bond motifs is 1. The van der Waals surface area contributed by atoms with E-state index in [1.54, 1.807) is 43.8 Å². The Morgan fingerprint density at radius 1 is 1.21 bits per heavy atom. The van der Waals surface area contributed by atoms with E-state index in [9.17, 15) is 9.18 Å². The lowest BCUT2D eigenvalue weighted by Crippen LogP contribution is -2.76. The van der Waals surface area contributed by atoms with Crippen LogP contribution in [0, 0.1) is 5.82 Å². The number of esters is 1. The summed E-state index contributed by atoms with van der Waals surface area (Å²) in [5.41, 5.74) is 3.55. The van der Waals surface area contributed by atoms with Crippen molar-refractivity contribution in [1.82, 2.24) is 0 Å². The fourth-order valence-electron chi connectivity index (χ4n) is 2.92. The zero-order chi connectivity index (χ0) is 20.3. The molecule has 6 nitrogen and oxygen atoms in total. The number of hydrogen-bond donors (Lipinski definition) is 1. The number of nitrogens with two attached hydrogens (primary N) is 1. The number of carbonyl (C=O) groups excluding carboxylic acids is 1. The molecule has 0 amide bonds. The minimum absolute atomic E-state index is 0.0732. The molecule has 0 spiro atoms. The fourth-order valence-corrected chi connectivity index (χ4v) is 2.92. The van der Waals surface area contributed by atoms with Crippen LogP contribution in [-0.4, -0.2) is 25.8 Å². The summed E-state index contributed by atoms with van der Waals surface area (Å²) in [5.74, 6) is -0.0124. The average molecular weight is 388 g/mol. The van der Waals surface area contributed by atoms with Gasteiger partial charge in [0.15, 0.2) is 5.75 Å². The van der Waals surface area contributed by atoms with Crippen LogP contribution in [-0.2, 0) is 9.57 Å². The van der Waals surface area contributed by atoms with Crippen LogP contribution in [0.5, 0.6) is 5.75 Å². The lowest BCUT2D eigenvalue weighted by molar-refractivity contribution is -0.830. The van der Waals surface area contributed by atoms with Crippen molar-refractivity contribution < 1.29 is 33.4 Å². The van der Waals surface area contributed by atoms with Crippen LogP contribution in [0.2, 0.25) is 0 Å². The first kappa shape index (κ1) is 19.9. The average Bonchev–Trinajstić information content (AvgIpc) is 3.01.